The number of aromatic nitrogens is 1. The minimum Gasteiger partial charge on any atom is -0.474 e. The molecule has 4 rings (SSSR count). The van der Waals surface area contributed by atoms with E-state index in [9.17, 15) is 4.39 Å². The van der Waals surface area contributed by atoms with Crippen molar-refractivity contribution < 1.29 is 9.13 Å². The second-order valence-electron chi connectivity index (χ2n) is 6.60. The molecule has 23 heavy (non-hydrogen) atoms. The lowest BCUT2D eigenvalue weighted by molar-refractivity contribution is 0.207. The Labute approximate surface area is 135 Å². The third-order valence-electron chi connectivity index (χ3n) is 4.95. The van der Waals surface area contributed by atoms with E-state index < -0.39 is 0 Å². The Morgan fingerprint density at radius 2 is 1.91 bits per heavy atom. The van der Waals surface area contributed by atoms with Gasteiger partial charge in [-0.3, -0.25) is 0 Å². The monoisotopic (exact) mass is 312 g/mol. The van der Waals surface area contributed by atoms with Gasteiger partial charge in [-0.2, -0.15) is 0 Å². The van der Waals surface area contributed by atoms with E-state index in [1.165, 1.54) is 25.3 Å². The number of hydrogen-bond acceptors (Lipinski definition) is 2. The second kappa shape index (κ2) is 5.84. The molecule has 120 valence electrons. The Morgan fingerprint density at radius 1 is 1.09 bits per heavy atom. The van der Waals surface area contributed by atoms with Crippen LogP contribution in [0.5, 0.6) is 0 Å². The predicted molar refractivity (Wildman–Crippen MR) is 88.2 cm³/mol. The van der Waals surface area contributed by atoms with Crippen LogP contribution in [-0.2, 0) is 11.3 Å². The SMILES string of the molecule is Fc1ccccc1Cn1cccc1C1=NC2(CCCCC2)CO1. The van der Waals surface area contributed by atoms with Crippen LogP contribution in [0.2, 0.25) is 0 Å². The minimum absolute atomic E-state index is 0.0132. The van der Waals surface area contributed by atoms with Gasteiger partial charge in [0, 0.05) is 11.8 Å². The maximum Gasteiger partial charge on any atom is 0.234 e. The largest absolute Gasteiger partial charge is 0.474 e. The zero-order chi connectivity index (χ0) is 15.7. The van der Waals surface area contributed by atoms with Crippen molar-refractivity contribution in [3.63, 3.8) is 0 Å². The Morgan fingerprint density at radius 3 is 2.74 bits per heavy atom. The molecule has 2 aliphatic rings. The smallest absolute Gasteiger partial charge is 0.234 e. The van der Waals surface area contributed by atoms with Gasteiger partial charge in [-0.25, -0.2) is 9.38 Å². The molecule has 0 N–H and O–H groups in total. The Bertz CT molecular complexity index is 728. The number of benzene rings is 1. The molecule has 2 aromatic rings. The summed E-state index contributed by atoms with van der Waals surface area (Å²) in [6, 6.07) is 10.9. The fourth-order valence-electron chi connectivity index (χ4n) is 3.64. The Hall–Kier alpha value is -2.10. The van der Waals surface area contributed by atoms with E-state index in [0.29, 0.717) is 24.6 Å². The van der Waals surface area contributed by atoms with Crippen molar-refractivity contribution in [1.82, 2.24) is 4.57 Å². The number of rotatable bonds is 3. The van der Waals surface area contributed by atoms with Crippen LogP contribution in [0.3, 0.4) is 0 Å². The molecular formula is C19H21FN2O. The maximum absolute atomic E-state index is 13.9. The molecule has 1 aliphatic carbocycles. The molecule has 0 unspecified atom stereocenters. The summed E-state index contributed by atoms with van der Waals surface area (Å²) in [6.07, 6.45) is 7.96. The number of ether oxygens (including phenoxy) is 1. The summed E-state index contributed by atoms with van der Waals surface area (Å²) in [4.78, 5) is 4.93. The molecule has 3 nitrogen and oxygen atoms in total. The molecular weight excluding hydrogens is 291 g/mol. The highest BCUT2D eigenvalue weighted by Crippen LogP contribution is 2.36. The van der Waals surface area contributed by atoms with E-state index in [2.05, 4.69) is 0 Å². The highest BCUT2D eigenvalue weighted by atomic mass is 19.1. The molecule has 0 saturated heterocycles. The first kappa shape index (κ1) is 14.5. The van der Waals surface area contributed by atoms with Gasteiger partial charge in [0.2, 0.25) is 5.90 Å². The average molecular weight is 312 g/mol. The fourth-order valence-corrected chi connectivity index (χ4v) is 3.64. The minimum atomic E-state index is -0.176. The molecule has 0 amide bonds. The average Bonchev–Trinajstić information content (AvgIpc) is 3.18. The van der Waals surface area contributed by atoms with Crippen molar-refractivity contribution >= 4 is 5.90 Å². The van der Waals surface area contributed by atoms with Gasteiger partial charge in [0.15, 0.2) is 0 Å². The predicted octanol–water partition coefficient (Wildman–Crippen LogP) is 4.16. The zero-order valence-electron chi connectivity index (χ0n) is 13.2. The number of halogens is 1. The van der Waals surface area contributed by atoms with Crippen molar-refractivity contribution in [3.05, 3.63) is 59.7 Å². The molecule has 1 saturated carbocycles. The number of aliphatic imine (C=N–C) groups is 1. The third kappa shape index (κ3) is 2.78. The van der Waals surface area contributed by atoms with Crippen LogP contribution in [0.4, 0.5) is 4.39 Å². The fraction of sp³-hybridized carbons (Fsp3) is 0.421. The summed E-state index contributed by atoms with van der Waals surface area (Å²) in [5.74, 6) is 0.540. The standard InChI is InChI=1S/C19H21FN2O/c20-16-8-3-2-7-15(16)13-22-12-6-9-17(22)18-21-19(14-23-18)10-4-1-5-11-19/h2-3,6-9,12H,1,4-5,10-11,13-14H2. The van der Waals surface area contributed by atoms with Crippen LogP contribution >= 0.6 is 0 Å². The lowest BCUT2D eigenvalue weighted by atomic mass is 9.83. The molecule has 0 radical (unpaired) electrons. The van der Waals surface area contributed by atoms with E-state index in [0.717, 1.165) is 18.5 Å². The molecule has 2 heterocycles. The Kier molecular flexibility index (Phi) is 3.68. The zero-order valence-corrected chi connectivity index (χ0v) is 13.2. The molecule has 0 bridgehead atoms. The molecule has 1 aromatic carbocycles. The van der Waals surface area contributed by atoms with Crippen LogP contribution in [0.25, 0.3) is 0 Å². The summed E-state index contributed by atoms with van der Waals surface area (Å²) in [6.45, 7) is 1.18. The summed E-state index contributed by atoms with van der Waals surface area (Å²) < 4.78 is 21.8. The molecule has 1 aliphatic heterocycles. The van der Waals surface area contributed by atoms with Crippen LogP contribution in [0, 0.1) is 5.82 Å². The first-order valence-corrected chi connectivity index (χ1v) is 8.37. The molecule has 1 fully saturated rings. The van der Waals surface area contributed by atoms with E-state index in [4.69, 9.17) is 9.73 Å². The summed E-state index contributed by atoms with van der Waals surface area (Å²) in [7, 11) is 0. The van der Waals surface area contributed by atoms with Gasteiger partial charge in [-0.05, 0) is 31.0 Å². The van der Waals surface area contributed by atoms with E-state index in [1.807, 2.05) is 35.0 Å². The summed E-state index contributed by atoms with van der Waals surface area (Å²) in [5, 5.41) is 0. The van der Waals surface area contributed by atoms with Crippen molar-refractivity contribution in [2.45, 2.75) is 44.2 Å². The first-order valence-electron chi connectivity index (χ1n) is 8.37. The first-order chi connectivity index (χ1) is 11.3. The van der Waals surface area contributed by atoms with Gasteiger partial charge in [-0.15, -0.1) is 0 Å². The molecule has 4 heteroatoms. The Balaban J connectivity index is 1.60. The quantitative estimate of drug-likeness (QED) is 0.836. The van der Waals surface area contributed by atoms with Gasteiger partial charge in [0.25, 0.3) is 0 Å². The van der Waals surface area contributed by atoms with Gasteiger partial charge >= 0.3 is 0 Å². The van der Waals surface area contributed by atoms with Crippen molar-refractivity contribution in [3.8, 4) is 0 Å². The second-order valence-corrected chi connectivity index (χ2v) is 6.60. The number of hydrogen-bond donors (Lipinski definition) is 0. The van der Waals surface area contributed by atoms with Gasteiger partial charge < -0.3 is 9.30 Å². The van der Waals surface area contributed by atoms with Crippen LogP contribution in [0.15, 0.2) is 47.6 Å². The van der Waals surface area contributed by atoms with Crippen molar-refractivity contribution in [1.29, 1.82) is 0 Å². The van der Waals surface area contributed by atoms with Crippen LogP contribution in [0.1, 0.15) is 43.4 Å². The van der Waals surface area contributed by atoms with Gasteiger partial charge in [0.05, 0.1) is 12.1 Å². The highest BCUT2D eigenvalue weighted by Gasteiger charge is 2.38. The normalized spacial score (nSPS) is 19.6. The lowest BCUT2D eigenvalue weighted by Crippen LogP contribution is -2.30. The van der Waals surface area contributed by atoms with Crippen molar-refractivity contribution in [2.24, 2.45) is 4.99 Å². The van der Waals surface area contributed by atoms with Gasteiger partial charge in [0.1, 0.15) is 18.1 Å². The van der Waals surface area contributed by atoms with Gasteiger partial charge in [-0.1, -0.05) is 37.5 Å². The third-order valence-corrected chi connectivity index (χ3v) is 4.95. The molecule has 1 aromatic heterocycles. The van der Waals surface area contributed by atoms with Crippen LogP contribution < -0.4 is 0 Å². The summed E-state index contributed by atoms with van der Waals surface area (Å²) in [5.41, 5.74) is 1.60. The number of nitrogens with zero attached hydrogens (tertiary/aromatic N) is 2. The lowest BCUT2D eigenvalue weighted by Gasteiger charge is -2.27. The van der Waals surface area contributed by atoms with E-state index >= 15 is 0 Å². The summed E-state index contributed by atoms with van der Waals surface area (Å²) >= 11 is 0. The molecule has 1 spiro atoms. The molecule has 0 atom stereocenters. The highest BCUT2D eigenvalue weighted by molar-refractivity contribution is 5.94. The van der Waals surface area contributed by atoms with E-state index in [-0.39, 0.29) is 11.4 Å². The van der Waals surface area contributed by atoms with Crippen LogP contribution in [-0.4, -0.2) is 22.6 Å². The van der Waals surface area contributed by atoms with Crippen molar-refractivity contribution in [2.75, 3.05) is 6.61 Å². The van der Waals surface area contributed by atoms with E-state index in [1.54, 1.807) is 6.07 Å². The maximum atomic E-state index is 13.9. The topological polar surface area (TPSA) is 26.5 Å².